The second kappa shape index (κ2) is 3.74. The monoisotopic (exact) mass is 223 g/mol. The van der Waals surface area contributed by atoms with E-state index in [0.29, 0.717) is 5.69 Å². The Kier molecular flexibility index (Phi) is 2.22. The lowest BCUT2D eigenvalue weighted by molar-refractivity contribution is 0.111. The van der Waals surface area contributed by atoms with Gasteiger partial charge in [-0.05, 0) is 30.0 Å². The normalized spacial score (nSPS) is 12.7. The van der Waals surface area contributed by atoms with Crippen LogP contribution >= 0.6 is 0 Å². The molecule has 2 heteroatoms. The topological polar surface area (TPSA) is 22.0 Å². The number of hydrogen-bond acceptors (Lipinski definition) is 1. The van der Waals surface area contributed by atoms with Gasteiger partial charge >= 0.3 is 0 Å². The molecule has 0 radical (unpaired) electrons. The molecule has 0 saturated heterocycles. The van der Waals surface area contributed by atoms with Crippen LogP contribution in [0.5, 0.6) is 0 Å². The van der Waals surface area contributed by atoms with Gasteiger partial charge in [0.15, 0.2) is 6.29 Å². The number of nitrogens with zero attached hydrogens (tertiary/aromatic N) is 1. The molecule has 3 rings (SSSR count). The van der Waals surface area contributed by atoms with Crippen molar-refractivity contribution in [3.05, 3.63) is 53.9 Å². The van der Waals surface area contributed by atoms with Gasteiger partial charge in [0, 0.05) is 17.5 Å². The van der Waals surface area contributed by atoms with Crippen molar-refractivity contribution in [3.8, 4) is 11.1 Å². The number of carbonyl (C=O) groups excluding carboxylic acids is 1. The molecule has 0 N–H and O–H groups in total. The molecule has 1 heterocycles. The first kappa shape index (κ1) is 10.1. The maximum absolute atomic E-state index is 11.0. The van der Waals surface area contributed by atoms with Crippen LogP contribution in [0.25, 0.3) is 17.3 Å². The Hall–Kier alpha value is -2.09. The van der Waals surface area contributed by atoms with Crippen LogP contribution in [0.1, 0.15) is 21.7 Å². The smallest absolute Gasteiger partial charge is 0.166 e. The first-order valence-electron chi connectivity index (χ1n) is 5.75. The van der Waals surface area contributed by atoms with Crippen molar-refractivity contribution >= 4 is 12.5 Å². The number of aryl methyl sites for hydroxylation is 1. The third-order valence-corrected chi connectivity index (χ3v) is 3.41. The standard InChI is InChI=1S/C15H13NO/c1-2-16-12(10-17)9-14-13-6-4-3-5-11(13)7-8-15(14)16/h2-6,9-10H,1,7-8H2. The zero-order chi connectivity index (χ0) is 11.8. The van der Waals surface area contributed by atoms with Crippen molar-refractivity contribution < 1.29 is 4.79 Å². The van der Waals surface area contributed by atoms with Crippen molar-refractivity contribution in [1.29, 1.82) is 0 Å². The van der Waals surface area contributed by atoms with Crippen molar-refractivity contribution in [2.75, 3.05) is 0 Å². The first-order valence-corrected chi connectivity index (χ1v) is 5.75. The van der Waals surface area contributed by atoms with Gasteiger partial charge in [0.1, 0.15) is 0 Å². The van der Waals surface area contributed by atoms with Gasteiger partial charge < -0.3 is 4.57 Å². The summed E-state index contributed by atoms with van der Waals surface area (Å²) in [6, 6.07) is 10.3. The second-order valence-corrected chi connectivity index (χ2v) is 4.26. The van der Waals surface area contributed by atoms with Gasteiger partial charge in [-0.2, -0.15) is 0 Å². The minimum Gasteiger partial charge on any atom is -0.318 e. The Bertz CT molecular complexity index is 607. The van der Waals surface area contributed by atoms with E-state index < -0.39 is 0 Å². The van der Waals surface area contributed by atoms with Crippen LogP contribution in [0.2, 0.25) is 0 Å². The van der Waals surface area contributed by atoms with Gasteiger partial charge in [-0.1, -0.05) is 30.8 Å². The van der Waals surface area contributed by atoms with Crippen LogP contribution in [-0.4, -0.2) is 10.9 Å². The molecule has 0 amide bonds. The predicted molar refractivity (Wildman–Crippen MR) is 69.1 cm³/mol. The highest BCUT2D eigenvalue weighted by molar-refractivity contribution is 5.83. The quantitative estimate of drug-likeness (QED) is 0.717. The molecule has 0 aliphatic heterocycles. The van der Waals surface area contributed by atoms with E-state index >= 15 is 0 Å². The lowest BCUT2D eigenvalue weighted by Gasteiger charge is -2.17. The summed E-state index contributed by atoms with van der Waals surface area (Å²) < 4.78 is 1.90. The molecule has 1 aromatic carbocycles. The van der Waals surface area contributed by atoms with Crippen LogP contribution in [0.4, 0.5) is 0 Å². The summed E-state index contributed by atoms with van der Waals surface area (Å²) >= 11 is 0. The highest BCUT2D eigenvalue weighted by Gasteiger charge is 2.20. The lowest BCUT2D eigenvalue weighted by Crippen LogP contribution is -2.06. The van der Waals surface area contributed by atoms with E-state index in [2.05, 4.69) is 24.8 Å². The van der Waals surface area contributed by atoms with Gasteiger partial charge in [0.2, 0.25) is 0 Å². The molecule has 0 fully saturated rings. The number of hydrogen-bond donors (Lipinski definition) is 0. The Morgan fingerprint density at radius 1 is 1.18 bits per heavy atom. The van der Waals surface area contributed by atoms with E-state index in [1.54, 1.807) is 6.20 Å². The van der Waals surface area contributed by atoms with Gasteiger partial charge in [-0.3, -0.25) is 4.79 Å². The molecule has 0 spiro atoms. The highest BCUT2D eigenvalue weighted by Crippen LogP contribution is 2.35. The molecule has 1 aliphatic rings. The summed E-state index contributed by atoms with van der Waals surface area (Å²) in [4.78, 5) is 11.0. The summed E-state index contributed by atoms with van der Waals surface area (Å²) in [5.41, 5.74) is 5.66. The van der Waals surface area contributed by atoms with E-state index in [1.807, 2.05) is 16.7 Å². The molecule has 84 valence electrons. The summed E-state index contributed by atoms with van der Waals surface area (Å²) in [5, 5.41) is 0. The van der Waals surface area contributed by atoms with Crippen LogP contribution in [0.15, 0.2) is 36.9 Å². The summed E-state index contributed by atoms with van der Waals surface area (Å²) in [7, 11) is 0. The fourth-order valence-electron chi connectivity index (χ4n) is 2.64. The third kappa shape index (κ3) is 1.37. The van der Waals surface area contributed by atoms with Crippen molar-refractivity contribution in [1.82, 2.24) is 4.57 Å². The first-order chi connectivity index (χ1) is 8.35. The number of carbonyl (C=O) groups is 1. The largest absolute Gasteiger partial charge is 0.318 e. The third-order valence-electron chi connectivity index (χ3n) is 3.41. The lowest BCUT2D eigenvalue weighted by atomic mass is 9.90. The summed E-state index contributed by atoms with van der Waals surface area (Å²) in [5.74, 6) is 0. The summed E-state index contributed by atoms with van der Waals surface area (Å²) in [6.07, 6.45) is 4.60. The Morgan fingerprint density at radius 2 is 2.00 bits per heavy atom. The van der Waals surface area contributed by atoms with Gasteiger partial charge in [-0.25, -0.2) is 0 Å². The molecule has 1 aliphatic carbocycles. The van der Waals surface area contributed by atoms with Crippen LogP contribution in [0, 0.1) is 0 Å². The number of rotatable bonds is 2. The van der Waals surface area contributed by atoms with Crippen LogP contribution in [-0.2, 0) is 12.8 Å². The Morgan fingerprint density at radius 3 is 2.76 bits per heavy atom. The van der Waals surface area contributed by atoms with E-state index in [0.717, 1.165) is 19.1 Å². The number of aromatic nitrogens is 1. The van der Waals surface area contributed by atoms with Crippen molar-refractivity contribution in [2.24, 2.45) is 0 Å². The Balaban J connectivity index is 2.30. The molecule has 0 atom stereocenters. The fraction of sp³-hybridized carbons (Fsp3) is 0.133. The number of fused-ring (bicyclic) bond motifs is 3. The highest BCUT2D eigenvalue weighted by atomic mass is 16.1. The van der Waals surface area contributed by atoms with E-state index in [-0.39, 0.29) is 0 Å². The predicted octanol–water partition coefficient (Wildman–Crippen LogP) is 3.17. The molecular formula is C15H13NO. The molecular weight excluding hydrogens is 210 g/mol. The van der Waals surface area contributed by atoms with E-state index in [9.17, 15) is 4.79 Å². The van der Waals surface area contributed by atoms with Gasteiger partial charge in [0.25, 0.3) is 0 Å². The van der Waals surface area contributed by atoms with Gasteiger partial charge in [0.05, 0.1) is 5.69 Å². The van der Waals surface area contributed by atoms with E-state index in [4.69, 9.17) is 0 Å². The zero-order valence-electron chi connectivity index (χ0n) is 9.52. The minimum atomic E-state index is 0.682. The average Bonchev–Trinajstić information content (AvgIpc) is 2.76. The molecule has 2 nitrogen and oxygen atoms in total. The Labute approximate surface area is 100 Å². The van der Waals surface area contributed by atoms with Crippen LogP contribution < -0.4 is 0 Å². The SMILES string of the molecule is C=Cn1c(C=O)cc2c1CCc1ccccc1-2. The molecule has 0 saturated carbocycles. The van der Waals surface area contributed by atoms with E-state index in [1.165, 1.54) is 22.4 Å². The van der Waals surface area contributed by atoms with Gasteiger partial charge in [-0.15, -0.1) is 0 Å². The second-order valence-electron chi connectivity index (χ2n) is 4.26. The minimum absolute atomic E-state index is 0.682. The fourth-order valence-corrected chi connectivity index (χ4v) is 2.64. The molecule has 0 unspecified atom stereocenters. The molecule has 2 aromatic rings. The van der Waals surface area contributed by atoms with Crippen LogP contribution in [0.3, 0.4) is 0 Å². The number of benzene rings is 1. The molecule has 1 aromatic heterocycles. The maximum Gasteiger partial charge on any atom is 0.166 e. The summed E-state index contributed by atoms with van der Waals surface area (Å²) in [6.45, 7) is 3.78. The zero-order valence-corrected chi connectivity index (χ0v) is 9.52. The molecule has 0 bridgehead atoms. The average molecular weight is 223 g/mol. The maximum atomic E-state index is 11.0. The number of aldehydes is 1. The molecule has 17 heavy (non-hydrogen) atoms. The van der Waals surface area contributed by atoms with Crippen molar-refractivity contribution in [2.45, 2.75) is 12.8 Å². The van der Waals surface area contributed by atoms with Crippen molar-refractivity contribution in [3.63, 3.8) is 0 Å².